The van der Waals surface area contributed by atoms with E-state index in [1.165, 1.54) is 35.4 Å². The van der Waals surface area contributed by atoms with Crippen molar-refractivity contribution in [1.82, 2.24) is 3.97 Å². The van der Waals surface area contributed by atoms with Gasteiger partial charge in [0.25, 0.3) is 10.0 Å². The van der Waals surface area contributed by atoms with Gasteiger partial charge < -0.3 is 14.4 Å². The first-order chi connectivity index (χ1) is 16.3. The minimum absolute atomic E-state index is 0.0228. The Labute approximate surface area is 197 Å². The second-order valence-electron chi connectivity index (χ2n) is 7.49. The number of anilines is 1. The minimum Gasteiger partial charge on any atom is -0.465 e. The molecule has 0 fully saturated rings. The normalized spacial score (nSPS) is 13.8. The Hall–Kier alpha value is -4.11. The molecule has 34 heavy (non-hydrogen) atoms. The molecule has 2 heterocycles. The molecule has 0 atom stereocenters. The largest absolute Gasteiger partial charge is 0.465 e. The number of aryl methyl sites for hydroxylation is 1. The van der Waals surface area contributed by atoms with Gasteiger partial charge in [0, 0.05) is 23.5 Å². The number of aromatic nitrogens is 1. The lowest BCUT2D eigenvalue weighted by atomic mass is 10.1. The number of hydrogen-bond donors (Lipinski definition) is 0. The number of benzene rings is 2. The highest BCUT2D eigenvalue weighted by Gasteiger charge is 2.28. The van der Waals surface area contributed by atoms with Gasteiger partial charge in [-0.3, -0.25) is 0 Å². The topological polar surface area (TPSA) is 94.9 Å². The number of ether oxygens (including phenoxy) is 2. The second-order valence-corrected chi connectivity index (χ2v) is 9.30. The first kappa shape index (κ1) is 23.1. The van der Waals surface area contributed by atoms with Crippen LogP contribution in [0, 0.1) is 6.92 Å². The first-order valence-corrected chi connectivity index (χ1v) is 11.7. The summed E-state index contributed by atoms with van der Waals surface area (Å²) in [6.45, 7) is 1.89. The summed E-state index contributed by atoms with van der Waals surface area (Å²) in [5.74, 6) is -1.42. The van der Waals surface area contributed by atoms with E-state index in [1.807, 2.05) is 6.92 Å². The molecule has 8 nitrogen and oxygen atoms in total. The van der Waals surface area contributed by atoms with Gasteiger partial charge >= 0.3 is 11.9 Å². The van der Waals surface area contributed by atoms with Crippen LogP contribution in [0.2, 0.25) is 0 Å². The Morgan fingerprint density at radius 3 is 2.26 bits per heavy atom. The summed E-state index contributed by atoms with van der Waals surface area (Å²) >= 11 is 0. The van der Waals surface area contributed by atoms with Crippen molar-refractivity contribution in [1.29, 1.82) is 0 Å². The molecule has 0 saturated carbocycles. The Balaban J connectivity index is 1.83. The number of carbonyl (C=O) groups is 2. The highest BCUT2D eigenvalue weighted by atomic mass is 32.2. The number of nitrogens with zero attached hydrogens (tertiary/aromatic N) is 2. The fourth-order valence-electron chi connectivity index (χ4n) is 3.65. The van der Waals surface area contributed by atoms with E-state index in [9.17, 15) is 18.0 Å². The summed E-state index contributed by atoms with van der Waals surface area (Å²) in [5.41, 5.74) is 1.96. The standard InChI is InChI=1S/C25H22N2O6S/c1-17-7-10-20(11-8-17)34(30,31)27-15-13-18-16-19(9-12-22(18)27)26-14-5-4-6-21(24(28)32-2)23(26)25(29)33-3/h4-16H,1-3H3. The summed E-state index contributed by atoms with van der Waals surface area (Å²) in [6, 6.07) is 13.3. The molecule has 1 aromatic heterocycles. The molecular weight excluding hydrogens is 456 g/mol. The molecule has 0 amide bonds. The molecule has 3 aromatic rings. The Bertz CT molecular complexity index is 1480. The van der Waals surface area contributed by atoms with E-state index in [4.69, 9.17) is 9.47 Å². The van der Waals surface area contributed by atoms with E-state index in [1.54, 1.807) is 66.9 Å². The smallest absolute Gasteiger partial charge is 0.355 e. The van der Waals surface area contributed by atoms with E-state index in [-0.39, 0.29) is 16.2 Å². The van der Waals surface area contributed by atoms with Crippen LogP contribution in [0.5, 0.6) is 0 Å². The molecule has 1 aliphatic rings. The van der Waals surface area contributed by atoms with Crippen LogP contribution in [0.4, 0.5) is 5.69 Å². The van der Waals surface area contributed by atoms with Gasteiger partial charge in [-0.1, -0.05) is 23.8 Å². The Morgan fingerprint density at radius 1 is 0.882 bits per heavy atom. The van der Waals surface area contributed by atoms with Gasteiger partial charge in [-0.15, -0.1) is 0 Å². The van der Waals surface area contributed by atoms with Crippen LogP contribution in [0.1, 0.15) is 5.56 Å². The molecule has 0 N–H and O–H groups in total. The van der Waals surface area contributed by atoms with Crippen molar-refractivity contribution in [3.05, 3.63) is 96.0 Å². The molecule has 0 spiro atoms. The molecule has 9 heteroatoms. The number of carbonyl (C=O) groups excluding carboxylic acids is 2. The first-order valence-electron chi connectivity index (χ1n) is 10.3. The van der Waals surface area contributed by atoms with Crippen molar-refractivity contribution in [3.63, 3.8) is 0 Å². The Morgan fingerprint density at radius 2 is 1.59 bits per heavy atom. The van der Waals surface area contributed by atoms with Gasteiger partial charge in [-0.2, -0.15) is 0 Å². The average Bonchev–Trinajstić information content (AvgIpc) is 3.15. The molecule has 0 unspecified atom stereocenters. The molecule has 174 valence electrons. The number of allylic oxidation sites excluding steroid dienone is 2. The van der Waals surface area contributed by atoms with E-state index in [0.717, 1.165) is 5.56 Å². The van der Waals surface area contributed by atoms with Crippen LogP contribution < -0.4 is 4.90 Å². The second kappa shape index (κ2) is 9.03. The van der Waals surface area contributed by atoms with Gasteiger partial charge in [0.15, 0.2) is 0 Å². The monoisotopic (exact) mass is 478 g/mol. The predicted molar refractivity (Wildman–Crippen MR) is 128 cm³/mol. The highest BCUT2D eigenvalue weighted by Crippen LogP contribution is 2.31. The van der Waals surface area contributed by atoms with Crippen molar-refractivity contribution in [2.75, 3.05) is 19.1 Å². The van der Waals surface area contributed by atoms with Crippen molar-refractivity contribution in [3.8, 4) is 0 Å². The summed E-state index contributed by atoms with van der Waals surface area (Å²) in [5, 5.41) is 0.627. The van der Waals surface area contributed by atoms with Gasteiger partial charge in [0.1, 0.15) is 5.70 Å². The number of hydrogen-bond acceptors (Lipinski definition) is 7. The van der Waals surface area contributed by atoms with E-state index < -0.39 is 22.0 Å². The van der Waals surface area contributed by atoms with E-state index in [2.05, 4.69) is 0 Å². The molecule has 2 aromatic carbocycles. The fraction of sp³-hybridized carbons (Fsp3) is 0.120. The number of esters is 2. The van der Waals surface area contributed by atoms with Crippen LogP contribution in [-0.2, 0) is 29.1 Å². The molecular formula is C25H22N2O6S. The quantitative estimate of drug-likeness (QED) is 0.516. The van der Waals surface area contributed by atoms with Gasteiger partial charge in [0.05, 0.1) is 30.2 Å². The van der Waals surface area contributed by atoms with Gasteiger partial charge in [0.2, 0.25) is 0 Å². The van der Waals surface area contributed by atoms with Crippen molar-refractivity contribution in [2.45, 2.75) is 11.8 Å². The molecule has 0 radical (unpaired) electrons. The third-order valence-electron chi connectivity index (χ3n) is 5.38. The molecule has 1 aliphatic heterocycles. The van der Waals surface area contributed by atoms with Gasteiger partial charge in [-0.25, -0.2) is 22.0 Å². The number of rotatable bonds is 5. The van der Waals surface area contributed by atoms with Crippen LogP contribution in [-0.4, -0.2) is 38.5 Å². The molecule has 0 bridgehead atoms. The van der Waals surface area contributed by atoms with Crippen LogP contribution >= 0.6 is 0 Å². The van der Waals surface area contributed by atoms with Crippen molar-refractivity contribution in [2.24, 2.45) is 0 Å². The fourth-order valence-corrected chi connectivity index (χ4v) is 5.01. The lowest BCUT2D eigenvalue weighted by Crippen LogP contribution is -2.26. The maximum atomic E-state index is 13.2. The zero-order valence-corrected chi connectivity index (χ0v) is 19.6. The highest BCUT2D eigenvalue weighted by molar-refractivity contribution is 7.90. The summed E-state index contributed by atoms with van der Waals surface area (Å²) < 4.78 is 37.4. The van der Waals surface area contributed by atoms with Crippen molar-refractivity contribution < 1.29 is 27.5 Å². The SMILES string of the molecule is COC(=O)C1=C(C(=O)OC)N(c2ccc3c(ccn3S(=O)(=O)c3ccc(C)cc3)c2)C=CC=C1. The number of fused-ring (bicyclic) bond motifs is 1. The summed E-state index contributed by atoms with van der Waals surface area (Å²) in [4.78, 5) is 26.7. The number of methoxy groups -OCH3 is 2. The zero-order valence-electron chi connectivity index (χ0n) is 18.8. The average molecular weight is 479 g/mol. The Kier molecular flexibility index (Phi) is 6.12. The van der Waals surface area contributed by atoms with Crippen LogP contribution in [0.15, 0.2) is 95.3 Å². The molecule has 4 rings (SSSR count). The lowest BCUT2D eigenvalue weighted by molar-refractivity contribution is -0.139. The third kappa shape index (κ3) is 4.01. The van der Waals surface area contributed by atoms with Crippen LogP contribution in [0.3, 0.4) is 0 Å². The predicted octanol–water partition coefficient (Wildman–Crippen LogP) is 3.68. The van der Waals surface area contributed by atoms with Crippen LogP contribution in [0.25, 0.3) is 10.9 Å². The molecule has 0 saturated heterocycles. The zero-order chi connectivity index (χ0) is 24.5. The van der Waals surface area contributed by atoms with E-state index in [0.29, 0.717) is 16.6 Å². The lowest BCUT2D eigenvalue weighted by Gasteiger charge is -2.23. The summed E-state index contributed by atoms with van der Waals surface area (Å²) in [7, 11) is -1.35. The maximum Gasteiger partial charge on any atom is 0.355 e. The third-order valence-corrected chi connectivity index (χ3v) is 7.09. The minimum atomic E-state index is -3.80. The van der Waals surface area contributed by atoms with Gasteiger partial charge in [-0.05, 0) is 55.5 Å². The molecule has 0 aliphatic carbocycles. The van der Waals surface area contributed by atoms with E-state index >= 15 is 0 Å². The maximum absolute atomic E-state index is 13.2. The van der Waals surface area contributed by atoms with Crippen molar-refractivity contribution >= 4 is 38.6 Å². The summed E-state index contributed by atoms with van der Waals surface area (Å²) in [6.07, 6.45) is 7.84.